The second-order valence-electron chi connectivity index (χ2n) is 4.34. The zero-order chi connectivity index (χ0) is 14.3. The first kappa shape index (κ1) is 13.8. The Kier molecular flexibility index (Phi) is 3.67. The molecule has 3 aromatic rings. The van der Waals surface area contributed by atoms with Gasteiger partial charge in [0.25, 0.3) is 0 Å². The van der Waals surface area contributed by atoms with Crippen molar-refractivity contribution < 1.29 is 4.39 Å². The minimum atomic E-state index is -0.274. The van der Waals surface area contributed by atoms with Crippen molar-refractivity contribution in [1.29, 1.82) is 0 Å². The summed E-state index contributed by atoms with van der Waals surface area (Å²) in [5, 5.41) is 4.63. The second-order valence-corrected chi connectivity index (χ2v) is 6.66. The van der Waals surface area contributed by atoms with Gasteiger partial charge in [-0.05, 0) is 58.7 Å². The lowest BCUT2D eigenvalue weighted by atomic mass is 10.2. The molecule has 0 atom stereocenters. The molecule has 1 heterocycles. The van der Waals surface area contributed by atoms with Crippen LogP contribution in [0, 0.1) is 12.7 Å². The third-order valence-electron chi connectivity index (χ3n) is 2.86. The Balaban J connectivity index is 1.99. The fourth-order valence-corrected chi connectivity index (χ4v) is 3.22. The number of thiazole rings is 1. The number of hydrogen-bond donors (Lipinski definition) is 1. The van der Waals surface area contributed by atoms with Crippen molar-refractivity contribution in [3.63, 3.8) is 0 Å². The highest BCUT2D eigenvalue weighted by Gasteiger charge is 2.09. The number of halogens is 3. The van der Waals surface area contributed by atoms with Gasteiger partial charge in [0.05, 0.1) is 14.7 Å². The fourth-order valence-electron chi connectivity index (χ4n) is 1.85. The van der Waals surface area contributed by atoms with E-state index in [2.05, 4.69) is 26.2 Å². The minimum absolute atomic E-state index is 0.274. The Labute approximate surface area is 132 Å². The quantitative estimate of drug-likeness (QED) is 0.606. The van der Waals surface area contributed by atoms with Crippen LogP contribution in [0.25, 0.3) is 10.2 Å². The summed E-state index contributed by atoms with van der Waals surface area (Å²) in [5.74, 6) is -0.274. The average molecular weight is 372 g/mol. The zero-order valence-electron chi connectivity index (χ0n) is 10.4. The van der Waals surface area contributed by atoms with Crippen LogP contribution in [-0.2, 0) is 0 Å². The van der Waals surface area contributed by atoms with Gasteiger partial charge in [-0.25, -0.2) is 9.37 Å². The molecule has 102 valence electrons. The first-order valence-electron chi connectivity index (χ1n) is 5.82. The van der Waals surface area contributed by atoms with Gasteiger partial charge in [-0.15, -0.1) is 0 Å². The lowest BCUT2D eigenvalue weighted by molar-refractivity contribution is 0.620. The zero-order valence-corrected chi connectivity index (χ0v) is 13.5. The lowest BCUT2D eigenvalue weighted by Crippen LogP contribution is -1.94. The molecule has 0 aliphatic rings. The maximum absolute atomic E-state index is 13.4. The van der Waals surface area contributed by atoms with Crippen molar-refractivity contribution in [2.75, 3.05) is 5.32 Å². The summed E-state index contributed by atoms with van der Waals surface area (Å²) in [5.41, 5.74) is 2.50. The highest BCUT2D eigenvalue weighted by Crippen LogP contribution is 2.32. The molecule has 0 saturated carbocycles. The van der Waals surface area contributed by atoms with E-state index in [4.69, 9.17) is 11.6 Å². The number of aryl methyl sites for hydroxylation is 1. The standard InChI is InChI=1S/C14H9BrClFN2S/c1-7-4-10(17)9(15)6-11(7)18-14-19-12-5-8(16)2-3-13(12)20-14/h2-6H,1H3,(H,18,19). The number of rotatable bonds is 2. The van der Waals surface area contributed by atoms with Crippen molar-refractivity contribution in [3.05, 3.63) is 51.2 Å². The Morgan fingerprint density at radius 3 is 2.90 bits per heavy atom. The van der Waals surface area contributed by atoms with Gasteiger partial charge in [0, 0.05) is 10.7 Å². The van der Waals surface area contributed by atoms with Crippen molar-refractivity contribution in [1.82, 2.24) is 4.98 Å². The second kappa shape index (κ2) is 5.31. The molecular formula is C14H9BrClFN2S. The van der Waals surface area contributed by atoms with E-state index >= 15 is 0 Å². The molecule has 0 fully saturated rings. The van der Waals surface area contributed by atoms with Crippen LogP contribution in [0.3, 0.4) is 0 Å². The molecule has 0 aliphatic heterocycles. The molecule has 2 nitrogen and oxygen atoms in total. The normalized spacial score (nSPS) is 11.0. The summed E-state index contributed by atoms with van der Waals surface area (Å²) in [4.78, 5) is 4.48. The molecule has 20 heavy (non-hydrogen) atoms. The van der Waals surface area contributed by atoms with Gasteiger partial charge < -0.3 is 5.32 Å². The van der Waals surface area contributed by atoms with E-state index < -0.39 is 0 Å². The number of fused-ring (bicyclic) bond motifs is 1. The number of aromatic nitrogens is 1. The van der Waals surface area contributed by atoms with Gasteiger partial charge in [-0.2, -0.15) is 0 Å². The molecule has 1 N–H and O–H groups in total. The third-order valence-corrected chi connectivity index (χ3v) is 4.65. The molecular weight excluding hydrogens is 363 g/mol. The monoisotopic (exact) mass is 370 g/mol. The summed E-state index contributed by atoms with van der Waals surface area (Å²) in [7, 11) is 0. The first-order chi connectivity index (χ1) is 9.52. The summed E-state index contributed by atoms with van der Waals surface area (Å²) < 4.78 is 14.9. The van der Waals surface area contributed by atoms with Crippen molar-refractivity contribution >= 4 is 59.9 Å². The van der Waals surface area contributed by atoms with Crippen molar-refractivity contribution in [2.24, 2.45) is 0 Å². The van der Waals surface area contributed by atoms with Crippen LogP contribution in [0.1, 0.15) is 5.56 Å². The summed E-state index contributed by atoms with van der Waals surface area (Å²) >= 11 is 10.7. The Morgan fingerprint density at radius 1 is 1.30 bits per heavy atom. The van der Waals surface area contributed by atoms with E-state index in [1.54, 1.807) is 6.07 Å². The predicted molar refractivity (Wildman–Crippen MR) is 86.7 cm³/mol. The van der Waals surface area contributed by atoms with Crippen LogP contribution in [-0.4, -0.2) is 4.98 Å². The molecule has 0 unspecified atom stereocenters. The molecule has 0 aliphatic carbocycles. The van der Waals surface area contributed by atoms with E-state index in [9.17, 15) is 4.39 Å². The van der Waals surface area contributed by atoms with Crippen LogP contribution in [0.4, 0.5) is 15.2 Å². The highest BCUT2D eigenvalue weighted by molar-refractivity contribution is 9.10. The van der Waals surface area contributed by atoms with E-state index in [1.165, 1.54) is 17.4 Å². The van der Waals surface area contributed by atoms with Gasteiger partial charge in [0.1, 0.15) is 5.82 Å². The van der Waals surface area contributed by atoms with Gasteiger partial charge in [-0.1, -0.05) is 22.9 Å². The maximum atomic E-state index is 13.4. The van der Waals surface area contributed by atoms with Crippen LogP contribution in [0.15, 0.2) is 34.8 Å². The largest absolute Gasteiger partial charge is 0.331 e. The molecule has 0 spiro atoms. The average Bonchev–Trinajstić information content (AvgIpc) is 2.77. The molecule has 0 saturated heterocycles. The van der Waals surface area contributed by atoms with Gasteiger partial charge >= 0.3 is 0 Å². The van der Waals surface area contributed by atoms with E-state index in [0.717, 1.165) is 26.6 Å². The summed E-state index contributed by atoms with van der Waals surface area (Å²) in [6.45, 7) is 1.85. The van der Waals surface area contributed by atoms with Gasteiger partial charge in [-0.3, -0.25) is 0 Å². The number of anilines is 2. The summed E-state index contributed by atoms with van der Waals surface area (Å²) in [6, 6.07) is 8.80. The van der Waals surface area contributed by atoms with Gasteiger partial charge in [0.15, 0.2) is 5.13 Å². The van der Waals surface area contributed by atoms with Crippen LogP contribution in [0.5, 0.6) is 0 Å². The minimum Gasteiger partial charge on any atom is -0.331 e. The molecule has 0 radical (unpaired) electrons. The first-order valence-corrected chi connectivity index (χ1v) is 7.80. The van der Waals surface area contributed by atoms with Crippen LogP contribution < -0.4 is 5.32 Å². The van der Waals surface area contributed by atoms with Crippen LogP contribution >= 0.6 is 38.9 Å². The molecule has 3 rings (SSSR count). The lowest BCUT2D eigenvalue weighted by Gasteiger charge is -2.07. The number of nitrogens with zero attached hydrogens (tertiary/aromatic N) is 1. The summed E-state index contributed by atoms with van der Waals surface area (Å²) in [6.07, 6.45) is 0. The Bertz CT molecular complexity index is 803. The topological polar surface area (TPSA) is 24.9 Å². The molecule has 2 aromatic carbocycles. The van der Waals surface area contributed by atoms with Gasteiger partial charge in [0.2, 0.25) is 0 Å². The smallest absolute Gasteiger partial charge is 0.188 e. The highest BCUT2D eigenvalue weighted by atomic mass is 79.9. The van der Waals surface area contributed by atoms with Crippen LogP contribution in [0.2, 0.25) is 5.02 Å². The van der Waals surface area contributed by atoms with E-state index in [-0.39, 0.29) is 5.82 Å². The number of nitrogens with one attached hydrogen (secondary N) is 1. The molecule has 6 heteroatoms. The number of benzene rings is 2. The fraction of sp³-hybridized carbons (Fsp3) is 0.0714. The van der Waals surface area contributed by atoms with E-state index in [1.807, 2.05) is 25.1 Å². The molecule has 0 bridgehead atoms. The molecule has 1 aromatic heterocycles. The Hall–Kier alpha value is -1.17. The Morgan fingerprint density at radius 2 is 2.10 bits per heavy atom. The van der Waals surface area contributed by atoms with E-state index in [0.29, 0.717) is 9.50 Å². The maximum Gasteiger partial charge on any atom is 0.188 e. The predicted octanol–water partition coefficient (Wildman–Crippen LogP) is 5.90. The van der Waals surface area contributed by atoms with Crippen molar-refractivity contribution in [2.45, 2.75) is 6.92 Å². The SMILES string of the molecule is Cc1cc(F)c(Br)cc1Nc1nc2cc(Cl)ccc2s1. The third kappa shape index (κ3) is 2.66. The van der Waals surface area contributed by atoms with Crippen molar-refractivity contribution in [3.8, 4) is 0 Å². The molecule has 0 amide bonds. The number of hydrogen-bond acceptors (Lipinski definition) is 3.